The van der Waals surface area contributed by atoms with Gasteiger partial charge in [0.15, 0.2) is 0 Å². The lowest BCUT2D eigenvalue weighted by atomic mass is 9.86. The van der Waals surface area contributed by atoms with Gasteiger partial charge in [-0.25, -0.2) is 0 Å². The largest absolute Gasteiger partial charge is 0.497 e. The highest BCUT2D eigenvalue weighted by Gasteiger charge is 2.38. The minimum Gasteiger partial charge on any atom is -0.497 e. The van der Waals surface area contributed by atoms with Gasteiger partial charge in [0.2, 0.25) is 0 Å². The molecule has 5 rings (SSSR count). The van der Waals surface area contributed by atoms with Crippen LogP contribution in [0.4, 0.5) is 0 Å². The third kappa shape index (κ3) is 4.26. The summed E-state index contributed by atoms with van der Waals surface area (Å²) in [7, 11) is 1.68. The van der Waals surface area contributed by atoms with E-state index >= 15 is 0 Å². The van der Waals surface area contributed by atoms with E-state index in [1.807, 2.05) is 30.3 Å². The number of nitriles is 1. The van der Waals surface area contributed by atoms with Gasteiger partial charge in [0, 0.05) is 37.0 Å². The van der Waals surface area contributed by atoms with Crippen LogP contribution >= 0.6 is 0 Å². The lowest BCUT2D eigenvalue weighted by molar-refractivity contribution is 0.212. The van der Waals surface area contributed by atoms with E-state index in [4.69, 9.17) is 9.47 Å². The van der Waals surface area contributed by atoms with Crippen LogP contribution in [0.2, 0.25) is 0 Å². The second kappa shape index (κ2) is 8.90. The highest BCUT2D eigenvalue weighted by molar-refractivity contribution is 5.69. The first kappa shape index (κ1) is 20.4. The van der Waals surface area contributed by atoms with Crippen LogP contribution in [0.1, 0.15) is 33.7 Å². The molecule has 160 valence electrons. The monoisotopic (exact) mass is 422 g/mol. The number of likely N-dealkylation sites (tertiary alicyclic amines) is 1. The molecule has 2 heterocycles. The predicted molar refractivity (Wildman–Crippen MR) is 127 cm³/mol. The summed E-state index contributed by atoms with van der Waals surface area (Å²) in [5.74, 6) is 2.75. The summed E-state index contributed by atoms with van der Waals surface area (Å²) >= 11 is 0. The van der Waals surface area contributed by atoms with E-state index in [1.54, 1.807) is 7.11 Å². The van der Waals surface area contributed by atoms with E-state index < -0.39 is 0 Å². The normalized spacial score (nSPS) is 19.8. The molecule has 2 aliphatic heterocycles. The van der Waals surface area contributed by atoms with Crippen LogP contribution < -0.4 is 9.47 Å². The molecule has 0 saturated carbocycles. The van der Waals surface area contributed by atoms with E-state index in [1.165, 1.54) is 16.7 Å². The number of methoxy groups -OCH3 is 1. The molecule has 0 amide bonds. The van der Waals surface area contributed by atoms with Gasteiger partial charge in [-0.2, -0.15) is 5.26 Å². The van der Waals surface area contributed by atoms with Crippen LogP contribution in [0.5, 0.6) is 11.5 Å². The van der Waals surface area contributed by atoms with Crippen LogP contribution in [-0.2, 0) is 6.54 Å². The molecule has 0 N–H and O–H groups in total. The fourth-order valence-electron chi connectivity index (χ4n) is 4.75. The molecule has 0 aliphatic carbocycles. The lowest BCUT2D eigenvalue weighted by Crippen LogP contribution is -2.25. The Morgan fingerprint density at radius 2 is 1.72 bits per heavy atom. The van der Waals surface area contributed by atoms with E-state index in [-0.39, 0.29) is 0 Å². The quantitative estimate of drug-likeness (QED) is 0.520. The SMILES string of the molecule is COc1ccc(C=Cc2ccc(CN3C[C@H]4COc5ccc(C#N)cc5[C@@H]4C3)cc2)cc1. The van der Waals surface area contributed by atoms with Gasteiger partial charge < -0.3 is 9.47 Å². The Labute approximate surface area is 189 Å². The maximum absolute atomic E-state index is 9.26. The first-order valence-electron chi connectivity index (χ1n) is 11.0. The van der Waals surface area contributed by atoms with Crippen LogP contribution in [0.3, 0.4) is 0 Å². The Morgan fingerprint density at radius 3 is 2.41 bits per heavy atom. The zero-order chi connectivity index (χ0) is 21.9. The predicted octanol–water partition coefficient (Wildman–Crippen LogP) is 5.35. The van der Waals surface area contributed by atoms with Crippen molar-refractivity contribution in [3.63, 3.8) is 0 Å². The first-order chi connectivity index (χ1) is 15.7. The number of nitrogens with zero attached hydrogens (tertiary/aromatic N) is 2. The van der Waals surface area contributed by atoms with Gasteiger partial charge in [0.1, 0.15) is 11.5 Å². The van der Waals surface area contributed by atoms with Crippen molar-refractivity contribution in [1.29, 1.82) is 5.26 Å². The molecule has 1 saturated heterocycles. The Kier molecular flexibility index (Phi) is 5.66. The lowest BCUT2D eigenvalue weighted by Gasteiger charge is -2.27. The Hall–Kier alpha value is -3.55. The van der Waals surface area contributed by atoms with E-state index in [2.05, 4.69) is 59.5 Å². The summed E-state index contributed by atoms with van der Waals surface area (Å²) in [5, 5.41) is 9.26. The van der Waals surface area contributed by atoms with Gasteiger partial charge in [0.25, 0.3) is 0 Å². The summed E-state index contributed by atoms with van der Waals surface area (Å²) in [6.07, 6.45) is 4.25. The number of fused-ring (bicyclic) bond motifs is 3. The minimum atomic E-state index is 0.443. The van der Waals surface area contributed by atoms with E-state index in [0.717, 1.165) is 43.3 Å². The fraction of sp³-hybridized carbons (Fsp3) is 0.250. The molecule has 3 aromatic carbocycles. The van der Waals surface area contributed by atoms with E-state index in [9.17, 15) is 5.26 Å². The van der Waals surface area contributed by atoms with Crippen molar-refractivity contribution >= 4 is 12.2 Å². The van der Waals surface area contributed by atoms with Crippen molar-refractivity contribution in [3.05, 3.63) is 94.5 Å². The second-order valence-electron chi connectivity index (χ2n) is 8.58. The molecular formula is C28H26N2O2. The molecule has 0 bridgehead atoms. The summed E-state index contributed by atoms with van der Waals surface area (Å²) < 4.78 is 11.2. The van der Waals surface area contributed by atoms with Crippen molar-refractivity contribution in [2.75, 3.05) is 26.8 Å². The van der Waals surface area contributed by atoms with Gasteiger partial charge >= 0.3 is 0 Å². The maximum Gasteiger partial charge on any atom is 0.122 e. The van der Waals surface area contributed by atoms with Gasteiger partial charge in [-0.1, -0.05) is 48.6 Å². The molecule has 0 aromatic heterocycles. The van der Waals surface area contributed by atoms with Crippen molar-refractivity contribution in [1.82, 2.24) is 4.90 Å². The zero-order valence-electron chi connectivity index (χ0n) is 18.2. The first-order valence-corrected chi connectivity index (χ1v) is 11.0. The maximum atomic E-state index is 9.26. The Morgan fingerprint density at radius 1 is 1.00 bits per heavy atom. The van der Waals surface area contributed by atoms with Crippen molar-refractivity contribution < 1.29 is 9.47 Å². The average Bonchev–Trinajstić information content (AvgIpc) is 3.26. The number of benzene rings is 3. The third-order valence-electron chi connectivity index (χ3n) is 6.48. The summed E-state index contributed by atoms with van der Waals surface area (Å²) in [6.45, 7) is 3.73. The highest BCUT2D eigenvalue weighted by Crippen LogP contribution is 2.42. The topological polar surface area (TPSA) is 45.5 Å². The van der Waals surface area contributed by atoms with Crippen molar-refractivity contribution in [2.45, 2.75) is 12.5 Å². The average molecular weight is 423 g/mol. The standard InChI is InChI=1S/C28H26N2O2/c1-31-25-11-8-21(9-12-25)3-2-20-4-6-22(7-5-20)16-30-17-24-19-32-28-13-10-23(15-29)14-26(28)27(24)18-30/h2-14,24,27H,16-19H2,1H3/t24-,27+/m0/s1. The molecule has 0 unspecified atom stereocenters. The fourth-order valence-corrected chi connectivity index (χ4v) is 4.75. The van der Waals surface area contributed by atoms with Gasteiger partial charge in [0.05, 0.1) is 25.3 Å². The Balaban J connectivity index is 1.22. The second-order valence-corrected chi connectivity index (χ2v) is 8.58. The van der Waals surface area contributed by atoms with Crippen molar-refractivity contribution in [2.24, 2.45) is 5.92 Å². The molecule has 2 atom stereocenters. The number of hydrogen-bond donors (Lipinski definition) is 0. The number of hydrogen-bond acceptors (Lipinski definition) is 4. The minimum absolute atomic E-state index is 0.443. The molecule has 4 nitrogen and oxygen atoms in total. The smallest absolute Gasteiger partial charge is 0.122 e. The van der Waals surface area contributed by atoms with Crippen LogP contribution in [0, 0.1) is 17.2 Å². The zero-order valence-corrected chi connectivity index (χ0v) is 18.2. The molecule has 0 spiro atoms. The molecule has 0 radical (unpaired) electrons. The summed E-state index contributed by atoms with van der Waals surface area (Å²) in [4.78, 5) is 2.51. The highest BCUT2D eigenvalue weighted by atomic mass is 16.5. The molecule has 2 aliphatic rings. The third-order valence-corrected chi connectivity index (χ3v) is 6.48. The number of rotatable bonds is 5. The molecular weight excluding hydrogens is 396 g/mol. The van der Waals surface area contributed by atoms with Gasteiger partial charge in [-0.15, -0.1) is 0 Å². The van der Waals surface area contributed by atoms with Crippen LogP contribution in [-0.4, -0.2) is 31.7 Å². The summed E-state index contributed by atoms with van der Waals surface area (Å²) in [5.41, 5.74) is 5.56. The molecule has 4 heteroatoms. The molecule has 3 aromatic rings. The molecule has 32 heavy (non-hydrogen) atoms. The van der Waals surface area contributed by atoms with Gasteiger partial charge in [-0.05, 0) is 47.0 Å². The van der Waals surface area contributed by atoms with Crippen molar-refractivity contribution in [3.8, 4) is 17.6 Å². The summed E-state index contributed by atoms with van der Waals surface area (Å²) in [6, 6.07) is 24.9. The van der Waals surface area contributed by atoms with Gasteiger partial charge in [-0.3, -0.25) is 4.90 Å². The number of ether oxygens (including phenoxy) is 2. The van der Waals surface area contributed by atoms with Crippen LogP contribution in [0.25, 0.3) is 12.2 Å². The van der Waals surface area contributed by atoms with E-state index in [0.29, 0.717) is 17.4 Å². The Bertz CT molecular complexity index is 1160. The van der Waals surface area contributed by atoms with Crippen LogP contribution in [0.15, 0.2) is 66.7 Å². The molecule has 1 fully saturated rings.